The third-order valence-corrected chi connectivity index (χ3v) is 7.33. The summed E-state index contributed by atoms with van der Waals surface area (Å²) in [6.07, 6.45) is -0.222. The molecule has 3 aromatic rings. The van der Waals surface area contributed by atoms with Gasteiger partial charge in [0.25, 0.3) is 0 Å². The summed E-state index contributed by atoms with van der Waals surface area (Å²) in [4.78, 5) is 11.5. The van der Waals surface area contributed by atoms with E-state index < -0.39 is 22.9 Å². The number of hydrogen-bond acceptors (Lipinski definition) is 7. The van der Waals surface area contributed by atoms with Gasteiger partial charge in [0.1, 0.15) is 5.82 Å². The van der Waals surface area contributed by atoms with Crippen LogP contribution in [0.4, 0.5) is 24.9 Å². The number of anilines is 2. The van der Waals surface area contributed by atoms with Crippen LogP contribution in [-0.2, 0) is 6.18 Å². The molecule has 1 aromatic carbocycles. The van der Waals surface area contributed by atoms with Crippen LogP contribution in [0.5, 0.6) is 0 Å². The van der Waals surface area contributed by atoms with Crippen molar-refractivity contribution >= 4 is 22.8 Å². The van der Waals surface area contributed by atoms with E-state index in [0.29, 0.717) is 48.7 Å². The van der Waals surface area contributed by atoms with E-state index in [9.17, 15) is 23.4 Å². The Balaban J connectivity index is 1.53. The number of fused-ring (bicyclic) bond motifs is 1. The lowest BCUT2D eigenvalue weighted by Crippen LogP contribution is -2.48. The molecule has 0 atom stereocenters. The van der Waals surface area contributed by atoms with E-state index in [1.807, 2.05) is 13.8 Å². The van der Waals surface area contributed by atoms with Crippen LogP contribution in [0.15, 0.2) is 30.5 Å². The summed E-state index contributed by atoms with van der Waals surface area (Å²) in [6.45, 7) is 6.77. The normalized spacial score (nSPS) is 23.7. The van der Waals surface area contributed by atoms with Crippen LogP contribution < -0.4 is 10.2 Å². The summed E-state index contributed by atoms with van der Waals surface area (Å²) in [6, 6.07) is 4.99. The molecule has 2 fully saturated rings. The third-order valence-electron chi connectivity index (χ3n) is 7.33. The maximum absolute atomic E-state index is 13.4. The lowest BCUT2D eigenvalue weighted by molar-refractivity contribution is -0.137. The van der Waals surface area contributed by atoms with Gasteiger partial charge in [0.2, 0.25) is 5.95 Å². The quantitative estimate of drug-likeness (QED) is 0.480. The molecule has 194 valence electrons. The van der Waals surface area contributed by atoms with Crippen LogP contribution in [0.25, 0.3) is 16.7 Å². The van der Waals surface area contributed by atoms with Gasteiger partial charge in [0.15, 0.2) is 5.65 Å². The Morgan fingerprint density at radius 1 is 1.11 bits per heavy atom. The number of alkyl halides is 3. The summed E-state index contributed by atoms with van der Waals surface area (Å²) in [5.41, 5.74) is -1.61. The predicted molar refractivity (Wildman–Crippen MR) is 130 cm³/mol. The first-order chi connectivity index (χ1) is 16.8. The van der Waals surface area contributed by atoms with Crippen LogP contribution in [0, 0.1) is 5.92 Å². The monoisotopic (exact) mass is 504 g/mol. The van der Waals surface area contributed by atoms with Crippen LogP contribution in [0.2, 0.25) is 0 Å². The van der Waals surface area contributed by atoms with Crippen molar-refractivity contribution in [1.82, 2.24) is 19.7 Å². The summed E-state index contributed by atoms with van der Waals surface area (Å²) < 4.78 is 41.5. The molecule has 0 bridgehead atoms. The molecule has 3 heterocycles. The number of piperidine rings is 1. The Morgan fingerprint density at radius 3 is 2.42 bits per heavy atom. The molecule has 8 nitrogen and oxygen atoms in total. The second kappa shape index (κ2) is 8.58. The van der Waals surface area contributed by atoms with Gasteiger partial charge in [-0.15, -0.1) is 0 Å². The van der Waals surface area contributed by atoms with Gasteiger partial charge in [-0.05, 0) is 70.6 Å². The lowest BCUT2D eigenvalue weighted by atomic mass is 9.77. The fourth-order valence-electron chi connectivity index (χ4n) is 5.29. The molecule has 2 aliphatic rings. The number of benzene rings is 1. The van der Waals surface area contributed by atoms with Crippen molar-refractivity contribution in [2.24, 2.45) is 5.92 Å². The molecule has 3 N–H and O–H groups in total. The fraction of sp³-hybridized carbons (Fsp3) is 0.560. The van der Waals surface area contributed by atoms with Gasteiger partial charge in [0, 0.05) is 19.1 Å². The first kappa shape index (κ1) is 24.8. The van der Waals surface area contributed by atoms with E-state index >= 15 is 0 Å². The molecule has 1 aliphatic heterocycles. The van der Waals surface area contributed by atoms with Crippen molar-refractivity contribution in [2.75, 3.05) is 23.3 Å². The number of hydrogen-bond donors (Lipinski definition) is 3. The summed E-state index contributed by atoms with van der Waals surface area (Å²) in [5.74, 6) is 1.16. The molecular weight excluding hydrogens is 473 g/mol. The average molecular weight is 505 g/mol. The van der Waals surface area contributed by atoms with E-state index in [1.165, 1.54) is 10.7 Å². The molecule has 5 rings (SSSR count). The fourth-order valence-corrected chi connectivity index (χ4v) is 5.29. The smallest absolute Gasteiger partial charge is 0.390 e. The van der Waals surface area contributed by atoms with Gasteiger partial charge in [0.05, 0.1) is 34.0 Å². The maximum Gasteiger partial charge on any atom is 0.416 e. The van der Waals surface area contributed by atoms with Gasteiger partial charge in [-0.25, -0.2) is 4.68 Å². The molecule has 2 aromatic heterocycles. The highest BCUT2D eigenvalue weighted by Crippen LogP contribution is 2.37. The molecule has 1 saturated heterocycles. The molecule has 36 heavy (non-hydrogen) atoms. The summed E-state index contributed by atoms with van der Waals surface area (Å²) in [5, 5.41) is 28.8. The number of halogens is 3. The van der Waals surface area contributed by atoms with Crippen molar-refractivity contribution in [3.63, 3.8) is 0 Å². The molecular formula is C25H31F3N6O2. The molecule has 0 amide bonds. The van der Waals surface area contributed by atoms with E-state index in [4.69, 9.17) is 4.98 Å². The Kier molecular flexibility index (Phi) is 5.90. The Hall–Kier alpha value is -2.92. The zero-order valence-corrected chi connectivity index (χ0v) is 20.5. The highest BCUT2D eigenvalue weighted by molar-refractivity contribution is 5.89. The molecule has 1 saturated carbocycles. The van der Waals surface area contributed by atoms with Gasteiger partial charge < -0.3 is 20.4 Å². The zero-order valence-electron chi connectivity index (χ0n) is 20.5. The van der Waals surface area contributed by atoms with Crippen molar-refractivity contribution in [1.29, 1.82) is 0 Å². The first-order valence-electron chi connectivity index (χ1n) is 12.2. The molecule has 11 heteroatoms. The van der Waals surface area contributed by atoms with Crippen LogP contribution in [0.1, 0.15) is 52.0 Å². The first-order valence-corrected chi connectivity index (χ1v) is 12.2. The number of rotatable bonds is 5. The van der Waals surface area contributed by atoms with Crippen LogP contribution in [0.3, 0.4) is 0 Å². The zero-order chi connectivity index (χ0) is 25.9. The molecule has 1 aliphatic carbocycles. The standard InChI is InChI=1S/C25H31F3N6O2/c1-23(2,35)15-7-9-33(10-8-15)20-19-14-29-34(18-6-4-5-16(11-18)25(26,27)28)21(19)32-22(31-20)30-17-12-24(3,36)13-17/h4-6,11,14-15,17,35-36H,7-10,12-13H2,1-3H3,(H,30,31,32)/t17-,24-. The van der Waals surface area contributed by atoms with Crippen LogP contribution >= 0.6 is 0 Å². The minimum Gasteiger partial charge on any atom is -0.390 e. The van der Waals surface area contributed by atoms with Crippen molar-refractivity contribution in [3.05, 3.63) is 36.0 Å². The van der Waals surface area contributed by atoms with E-state index in [-0.39, 0.29) is 17.6 Å². The second-order valence-corrected chi connectivity index (χ2v) is 10.9. The number of aromatic nitrogens is 4. The molecule has 0 radical (unpaired) electrons. The average Bonchev–Trinajstić information content (AvgIpc) is 3.20. The van der Waals surface area contributed by atoms with Crippen molar-refractivity contribution in [2.45, 2.75) is 69.9 Å². The SMILES string of the molecule is CC(C)(O)C1CCN(c2nc(N[C@H]3C[C@](C)(O)C3)nc3c2cnn3-c2cccc(C(F)(F)F)c2)CC1. The van der Waals surface area contributed by atoms with Crippen molar-refractivity contribution < 1.29 is 23.4 Å². The van der Waals surface area contributed by atoms with E-state index in [1.54, 1.807) is 19.2 Å². The minimum atomic E-state index is -4.47. The maximum atomic E-state index is 13.4. The predicted octanol–water partition coefficient (Wildman–Crippen LogP) is 4.15. The largest absolute Gasteiger partial charge is 0.416 e. The van der Waals surface area contributed by atoms with E-state index in [2.05, 4.69) is 20.3 Å². The molecule has 0 unspecified atom stereocenters. The number of aliphatic hydroxyl groups is 2. The van der Waals surface area contributed by atoms with E-state index in [0.717, 1.165) is 25.0 Å². The van der Waals surface area contributed by atoms with Gasteiger partial charge in [-0.2, -0.15) is 28.2 Å². The Labute approximate surface area is 207 Å². The Morgan fingerprint density at radius 2 is 1.81 bits per heavy atom. The van der Waals surface area contributed by atoms with Gasteiger partial charge in [-0.3, -0.25) is 0 Å². The second-order valence-electron chi connectivity index (χ2n) is 10.9. The number of nitrogens with zero attached hydrogens (tertiary/aromatic N) is 5. The summed E-state index contributed by atoms with van der Waals surface area (Å²) in [7, 11) is 0. The minimum absolute atomic E-state index is 0.00356. The topological polar surface area (TPSA) is 99.3 Å². The van der Waals surface area contributed by atoms with Gasteiger partial charge in [-0.1, -0.05) is 6.07 Å². The summed E-state index contributed by atoms with van der Waals surface area (Å²) >= 11 is 0. The van der Waals surface area contributed by atoms with Crippen LogP contribution in [-0.4, -0.2) is 60.3 Å². The number of nitrogens with one attached hydrogen (secondary N) is 1. The van der Waals surface area contributed by atoms with Crippen molar-refractivity contribution in [3.8, 4) is 5.69 Å². The Bertz CT molecular complexity index is 1250. The highest BCUT2D eigenvalue weighted by Gasteiger charge is 2.39. The lowest BCUT2D eigenvalue weighted by Gasteiger charge is -2.41. The third kappa shape index (κ3) is 4.86. The van der Waals surface area contributed by atoms with Gasteiger partial charge >= 0.3 is 6.18 Å². The molecule has 0 spiro atoms. The highest BCUT2D eigenvalue weighted by atomic mass is 19.4.